The first-order chi connectivity index (χ1) is 6.69. The summed E-state index contributed by atoms with van der Waals surface area (Å²) >= 11 is 0. The largest absolute Gasteiger partial charge is 0.366 e. The lowest BCUT2D eigenvalue weighted by Crippen LogP contribution is -2.11. The second kappa shape index (κ2) is 4.74. The maximum atomic E-state index is 10.8. The molecule has 0 atom stereocenters. The smallest absolute Gasteiger partial charge is 0.248 e. The summed E-state index contributed by atoms with van der Waals surface area (Å²) < 4.78 is 10.1. The van der Waals surface area contributed by atoms with Crippen LogP contribution in [0.2, 0.25) is 0 Å². The molecule has 0 aromatic heterocycles. The van der Waals surface area contributed by atoms with Crippen LogP contribution in [-0.4, -0.2) is 20.1 Å². The average Bonchev–Trinajstić information content (AvgIpc) is 2.20. The fraction of sp³-hybridized carbons (Fsp3) is 0.300. The zero-order chi connectivity index (χ0) is 10.6. The summed E-state index contributed by atoms with van der Waals surface area (Å²) in [5.41, 5.74) is 6.42. The summed E-state index contributed by atoms with van der Waals surface area (Å²) in [6.07, 6.45) is -0.406. The number of hydrogen-bond donors (Lipinski definition) is 1. The zero-order valence-corrected chi connectivity index (χ0v) is 8.19. The van der Waals surface area contributed by atoms with Crippen molar-refractivity contribution in [3.8, 4) is 0 Å². The van der Waals surface area contributed by atoms with E-state index in [0.717, 1.165) is 5.56 Å². The fourth-order valence-corrected chi connectivity index (χ4v) is 1.17. The Morgan fingerprint density at radius 1 is 1.21 bits per heavy atom. The maximum Gasteiger partial charge on any atom is 0.248 e. The summed E-state index contributed by atoms with van der Waals surface area (Å²) in [6, 6.07) is 6.78. The van der Waals surface area contributed by atoms with Gasteiger partial charge in [0.2, 0.25) is 5.91 Å². The molecule has 0 bridgehead atoms. The lowest BCUT2D eigenvalue weighted by atomic mass is 10.1. The Labute approximate surface area is 82.6 Å². The number of primary amides is 1. The second-order valence-electron chi connectivity index (χ2n) is 2.79. The molecule has 14 heavy (non-hydrogen) atoms. The molecule has 0 fully saturated rings. The molecule has 0 saturated carbocycles. The Morgan fingerprint density at radius 3 is 2.07 bits per heavy atom. The molecule has 0 saturated heterocycles. The van der Waals surface area contributed by atoms with Gasteiger partial charge < -0.3 is 15.2 Å². The van der Waals surface area contributed by atoms with E-state index in [0.29, 0.717) is 5.56 Å². The molecule has 4 nitrogen and oxygen atoms in total. The molecular formula is C10H13NO3. The number of nitrogens with two attached hydrogens (primary N) is 1. The highest BCUT2D eigenvalue weighted by atomic mass is 16.7. The van der Waals surface area contributed by atoms with E-state index in [2.05, 4.69) is 0 Å². The average molecular weight is 195 g/mol. The van der Waals surface area contributed by atoms with Gasteiger partial charge in [0.05, 0.1) is 0 Å². The van der Waals surface area contributed by atoms with Crippen molar-refractivity contribution in [3.63, 3.8) is 0 Å². The van der Waals surface area contributed by atoms with Crippen LogP contribution < -0.4 is 5.73 Å². The molecule has 0 unspecified atom stereocenters. The third kappa shape index (κ3) is 2.31. The van der Waals surface area contributed by atoms with E-state index in [1.165, 1.54) is 0 Å². The van der Waals surface area contributed by atoms with Crippen molar-refractivity contribution < 1.29 is 14.3 Å². The summed E-state index contributed by atoms with van der Waals surface area (Å²) in [5.74, 6) is -0.442. The summed E-state index contributed by atoms with van der Waals surface area (Å²) in [4.78, 5) is 10.8. The first-order valence-corrected chi connectivity index (χ1v) is 4.14. The zero-order valence-electron chi connectivity index (χ0n) is 8.19. The van der Waals surface area contributed by atoms with Gasteiger partial charge in [-0.3, -0.25) is 4.79 Å². The molecule has 1 amide bonds. The normalized spacial score (nSPS) is 10.5. The van der Waals surface area contributed by atoms with Gasteiger partial charge in [-0.15, -0.1) is 0 Å². The minimum absolute atomic E-state index is 0.406. The summed E-state index contributed by atoms with van der Waals surface area (Å²) in [7, 11) is 3.10. The van der Waals surface area contributed by atoms with Crippen LogP contribution in [0.15, 0.2) is 24.3 Å². The first kappa shape index (κ1) is 10.7. The predicted octanol–water partition coefficient (Wildman–Crippen LogP) is 1.08. The van der Waals surface area contributed by atoms with E-state index < -0.39 is 12.2 Å². The lowest BCUT2D eigenvalue weighted by molar-refractivity contribution is -0.106. The molecule has 0 spiro atoms. The monoisotopic (exact) mass is 195 g/mol. The third-order valence-corrected chi connectivity index (χ3v) is 1.90. The van der Waals surface area contributed by atoms with Crippen molar-refractivity contribution in [1.82, 2.24) is 0 Å². The number of benzene rings is 1. The molecule has 2 N–H and O–H groups in total. The molecule has 76 valence electrons. The number of rotatable bonds is 4. The number of methoxy groups -OCH3 is 2. The minimum Gasteiger partial charge on any atom is -0.366 e. The van der Waals surface area contributed by atoms with E-state index in [-0.39, 0.29) is 0 Å². The van der Waals surface area contributed by atoms with Gasteiger partial charge in [0.1, 0.15) is 0 Å². The van der Waals surface area contributed by atoms with Gasteiger partial charge in [-0.1, -0.05) is 12.1 Å². The number of carbonyl (C=O) groups excluding carboxylic acids is 1. The van der Waals surface area contributed by atoms with Crippen molar-refractivity contribution >= 4 is 5.91 Å². The van der Waals surface area contributed by atoms with Crippen LogP contribution >= 0.6 is 0 Å². The summed E-state index contributed by atoms with van der Waals surface area (Å²) in [6.45, 7) is 0. The highest BCUT2D eigenvalue weighted by Gasteiger charge is 2.08. The minimum atomic E-state index is -0.442. The predicted molar refractivity (Wildman–Crippen MR) is 51.7 cm³/mol. The standard InChI is InChI=1S/C10H13NO3/c1-13-10(14-2)8-5-3-7(4-6-8)9(11)12/h3-6,10H,1-2H3,(H2,11,12). The van der Waals surface area contributed by atoms with Crippen LogP contribution in [-0.2, 0) is 9.47 Å². The molecule has 0 aliphatic carbocycles. The Balaban J connectivity index is 2.87. The lowest BCUT2D eigenvalue weighted by Gasteiger charge is -2.13. The molecule has 1 aromatic carbocycles. The molecule has 0 aliphatic heterocycles. The molecule has 0 radical (unpaired) electrons. The van der Waals surface area contributed by atoms with E-state index in [1.807, 2.05) is 0 Å². The number of amides is 1. The number of ether oxygens (including phenoxy) is 2. The summed E-state index contributed by atoms with van der Waals surface area (Å²) in [5, 5.41) is 0. The van der Waals surface area contributed by atoms with Gasteiger partial charge in [-0.05, 0) is 12.1 Å². The quantitative estimate of drug-likeness (QED) is 0.731. The SMILES string of the molecule is COC(OC)c1ccc(C(N)=O)cc1. The van der Waals surface area contributed by atoms with Gasteiger partial charge in [-0.2, -0.15) is 0 Å². The maximum absolute atomic E-state index is 10.8. The van der Waals surface area contributed by atoms with Gasteiger partial charge >= 0.3 is 0 Å². The topological polar surface area (TPSA) is 61.6 Å². The van der Waals surface area contributed by atoms with Gasteiger partial charge in [-0.25, -0.2) is 0 Å². The Kier molecular flexibility index (Phi) is 3.62. The highest BCUT2D eigenvalue weighted by Crippen LogP contribution is 2.17. The van der Waals surface area contributed by atoms with E-state index in [1.54, 1.807) is 38.5 Å². The van der Waals surface area contributed by atoms with Crippen LogP contribution in [0.1, 0.15) is 22.2 Å². The van der Waals surface area contributed by atoms with Crippen LogP contribution in [0.25, 0.3) is 0 Å². The van der Waals surface area contributed by atoms with Crippen molar-refractivity contribution in [2.75, 3.05) is 14.2 Å². The van der Waals surface area contributed by atoms with Crippen LogP contribution in [0.5, 0.6) is 0 Å². The fourth-order valence-electron chi connectivity index (χ4n) is 1.17. The first-order valence-electron chi connectivity index (χ1n) is 4.14. The van der Waals surface area contributed by atoms with Crippen molar-refractivity contribution in [2.24, 2.45) is 5.73 Å². The van der Waals surface area contributed by atoms with Gasteiger partial charge in [0.25, 0.3) is 0 Å². The van der Waals surface area contributed by atoms with Gasteiger partial charge in [0, 0.05) is 25.3 Å². The van der Waals surface area contributed by atoms with Crippen molar-refractivity contribution in [3.05, 3.63) is 35.4 Å². The van der Waals surface area contributed by atoms with Crippen LogP contribution in [0.4, 0.5) is 0 Å². The van der Waals surface area contributed by atoms with Gasteiger partial charge in [0.15, 0.2) is 6.29 Å². The Morgan fingerprint density at radius 2 is 1.71 bits per heavy atom. The third-order valence-electron chi connectivity index (χ3n) is 1.90. The van der Waals surface area contributed by atoms with Crippen molar-refractivity contribution in [1.29, 1.82) is 0 Å². The Bertz CT molecular complexity index is 304. The highest BCUT2D eigenvalue weighted by molar-refractivity contribution is 5.92. The molecule has 1 aromatic rings. The second-order valence-corrected chi connectivity index (χ2v) is 2.79. The van der Waals surface area contributed by atoms with Crippen LogP contribution in [0, 0.1) is 0 Å². The van der Waals surface area contributed by atoms with Crippen molar-refractivity contribution in [2.45, 2.75) is 6.29 Å². The molecular weight excluding hydrogens is 182 g/mol. The molecule has 0 heterocycles. The Hall–Kier alpha value is -1.39. The van der Waals surface area contributed by atoms with E-state index in [9.17, 15) is 4.79 Å². The molecule has 4 heteroatoms. The number of hydrogen-bond acceptors (Lipinski definition) is 3. The molecule has 0 aliphatic rings. The number of carbonyl (C=O) groups is 1. The molecule has 1 rings (SSSR count). The van der Waals surface area contributed by atoms with Crippen LogP contribution in [0.3, 0.4) is 0 Å². The van der Waals surface area contributed by atoms with E-state index >= 15 is 0 Å². The van der Waals surface area contributed by atoms with E-state index in [4.69, 9.17) is 15.2 Å².